The van der Waals surface area contributed by atoms with Crippen LogP contribution < -0.4 is 4.74 Å². The Morgan fingerprint density at radius 3 is 2.71 bits per heavy atom. The molecule has 0 amide bonds. The lowest BCUT2D eigenvalue weighted by atomic mass is 10.1. The van der Waals surface area contributed by atoms with Crippen molar-refractivity contribution >= 4 is 11.3 Å². The number of ether oxygens (including phenoxy) is 1. The second-order valence-corrected chi connectivity index (χ2v) is 3.87. The molecule has 1 heterocycles. The van der Waals surface area contributed by atoms with Gasteiger partial charge in [-0.3, -0.25) is 0 Å². The van der Waals surface area contributed by atoms with Crippen molar-refractivity contribution in [1.82, 2.24) is 4.98 Å². The molecule has 3 heteroatoms. The average Bonchev–Trinajstić information content (AvgIpc) is 2.67. The first-order chi connectivity index (χ1) is 6.81. The zero-order valence-corrected chi connectivity index (χ0v) is 8.97. The predicted octanol–water partition coefficient (Wildman–Crippen LogP) is 3.13. The summed E-state index contributed by atoms with van der Waals surface area (Å²) in [5.41, 5.74) is 2.42. The topological polar surface area (TPSA) is 22.1 Å². The highest BCUT2D eigenvalue weighted by atomic mass is 32.1. The Morgan fingerprint density at radius 1 is 1.29 bits per heavy atom. The van der Waals surface area contributed by atoms with E-state index >= 15 is 0 Å². The number of rotatable bonds is 2. The number of aromatic nitrogens is 1. The molecule has 0 aliphatic rings. The highest BCUT2D eigenvalue weighted by molar-refractivity contribution is 7.13. The number of hydrogen-bond donors (Lipinski definition) is 0. The molecule has 0 aliphatic carbocycles. The molecule has 2 rings (SSSR count). The van der Waals surface area contributed by atoms with Crippen molar-refractivity contribution in [1.29, 1.82) is 0 Å². The second-order valence-electron chi connectivity index (χ2n) is 3.01. The SMILES string of the molecule is COc1csc(-c2ccccc2C)n1. The van der Waals surface area contributed by atoms with Crippen molar-refractivity contribution in [2.45, 2.75) is 6.92 Å². The van der Waals surface area contributed by atoms with E-state index in [9.17, 15) is 0 Å². The van der Waals surface area contributed by atoms with Gasteiger partial charge in [0, 0.05) is 5.56 Å². The summed E-state index contributed by atoms with van der Waals surface area (Å²) in [5.74, 6) is 0.688. The third kappa shape index (κ3) is 1.63. The van der Waals surface area contributed by atoms with Crippen LogP contribution in [0.15, 0.2) is 29.6 Å². The fourth-order valence-electron chi connectivity index (χ4n) is 1.29. The molecule has 0 unspecified atom stereocenters. The smallest absolute Gasteiger partial charge is 0.224 e. The summed E-state index contributed by atoms with van der Waals surface area (Å²) in [4.78, 5) is 4.36. The van der Waals surface area contributed by atoms with Gasteiger partial charge in [-0.2, -0.15) is 0 Å². The molecule has 0 fully saturated rings. The van der Waals surface area contributed by atoms with Crippen LogP contribution in [0.1, 0.15) is 5.56 Å². The van der Waals surface area contributed by atoms with Gasteiger partial charge in [0.15, 0.2) is 0 Å². The van der Waals surface area contributed by atoms with Crippen molar-refractivity contribution in [3.63, 3.8) is 0 Å². The van der Waals surface area contributed by atoms with Gasteiger partial charge in [0.1, 0.15) is 5.01 Å². The highest BCUT2D eigenvalue weighted by Crippen LogP contribution is 2.28. The van der Waals surface area contributed by atoms with Crippen LogP contribution >= 0.6 is 11.3 Å². The lowest BCUT2D eigenvalue weighted by Crippen LogP contribution is -1.83. The molecule has 1 aromatic heterocycles. The van der Waals surface area contributed by atoms with E-state index in [1.807, 2.05) is 17.5 Å². The number of benzene rings is 1. The molecule has 2 aromatic rings. The molecule has 0 saturated heterocycles. The fraction of sp³-hybridized carbons (Fsp3) is 0.182. The molecule has 0 aliphatic heterocycles. The van der Waals surface area contributed by atoms with Crippen LogP contribution in [-0.2, 0) is 0 Å². The Balaban J connectivity index is 2.44. The van der Waals surface area contributed by atoms with Gasteiger partial charge in [-0.1, -0.05) is 24.3 Å². The van der Waals surface area contributed by atoms with Gasteiger partial charge in [0.2, 0.25) is 5.88 Å². The van der Waals surface area contributed by atoms with E-state index < -0.39 is 0 Å². The largest absolute Gasteiger partial charge is 0.480 e. The highest BCUT2D eigenvalue weighted by Gasteiger charge is 2.06. The first-order valence-corrected chi connectivity index (χ1v) is 5.25. The van der Waals surface area contributed by atoms with E-state index in [4.69, 9.17) is 4.74 Å². The maximum atomic E-state index is 5.06. The third-order valence-electron chi connectivity index (χ3n) is 2.07. The number of methoxy groups -OCH3 is 1. The Hall–Kier alpha value is -1.35. The normalized spacial score (nSPS) is 10.1. The van der Waals surface area contributed by atoms with Crippen LogP contribution in [0.4, 0.5) is 0 Å². The summed E-state index contributed by atoms with van der Waals surface area (Å²) in [6, 6.07) is 8.22. The number of thiazole rings is 1. The Labute approximate surface area is 87.2 Å². The third-order valence-corrected chi connectivity index (χ3v) is 2.92. The summed E-state index contributed by atoms with van der Waals surface area (Å²) >= 11 is 1.61. The van der Waals surface area contributed by atoms with E-state index in [0.717, 1.165) is 5.01 Å². The monoisotopic (exact) mass is 205 g/mol. The summed E-state index contributed by atoms with van der Waals surface area (Å²) < 4.78 is 5.06. The molecular formula is C11H11NOS. The van der Waals surface area contributed by atoms with Crippen LogP contribution in [0.3, 0.4) is 0 Å². The summed E-state index contributed by atoms with van der Waals surface area (Å²) in [6.45, 7) is 2.09. The zero-order chi connectivity index (χ0) is 9.97. The minimum absolute atomic E-state index is 0.688. The van der Waals surface area contributed by atoms with Crippen LogP contribution in [0.2, 0.25) is 0 Å². The van der Waals surface area contributed by atoms with Crippen molar-refractivity contribution in [2.75, 3.05) is 7.11 Å². The van der Waals surface area contributed by atoms with Crippen molar-refractivity contribution in [3.8, 4) is 16.5 Å². The average molecular weight is 205 g/mol. The van der Waals surface area contributed by atoms with Gasteiger partial charge in [0.25, 0.3) is 0 Å². The van der Waals surface area contributed by atoms with Crippen LogP contribution in [-0.4, -0.2) is 12.1 Å². The standard InChI is InChI=1S/C11H11NOS/c1-8-5-3-4-6-9(8)11-12-10(13-2)7-14-11/h3-7H,1-2H3. The van der Waals surface area contributed by atoms with E-state index in [0.29, 0.717) is 5.88 Å². The van der Waals surface area contributed by atoms with Gasteiger partial charge in [0.05, 0.1) is 12.5 Å². The van der Waals surface area contributed by atoms with Crippen LogP contribution in [0.25, 0.3) is 10.6 Å². The van der Waals surface area contributed by atoms with Gasteiger partial charge < -0.3 is 4.74 Å². The molecule has 1 aromatic carbocycles. The van der Waals surface area contributed by atoms with Gasteiger partial charge in [-0.15, -0.1) is 11.3 Å². The summed E-state index contributed by atoms with van der Waals surface area (Å²) in [7, 11) is 1.64. The van der Waals surface area contributed by atoms with Crippen LogP contribution in [0.5, 0.6) is 5.88 Å². The lowest BCUT2D eigenvalue weighted by molar-refractivity contribution is 0.401. The van der Waals surface area contributed by atoms with Gasteiger partial charge >= 0.3 is 0 Å². The lowest BCUT2D eigenvalue weighted by Gasteiger charge is -1.99. The number of aryl methyl sites for hydroxylation is 1. The molecule has 14 heavy (non-hydrogen) atoms. The van der Waals surface area contributed by atoms with E-state index in [1.54, 1.807) is 18.4 Å². The molecule has 0 atom stereocenters. The molecule has 0 radical (unpaired) electrons. The van der Waals surface area contributed by atoms with Gasteiger partial charge in [-0.25, -0.2) is 4.98 Å². The maximum Gasteiger partial charge on any atom is 0.224 e. The predicted molar refractivity (Wildman–Crippen MR) is 58.8 cm³/mol. The molecule has 0 bridgehead atoms. The molecule has 0 N–H and O–H groups in total. The molecule has 0 saturated carbocycles. The van der Waals surface area contributed by atoms with Crippen molar-refractivity contribution in [3.05, 3.63) is 35.2 Å². The minimum Gasteiger partial charge on any atom is -0.480 e. The first-order valence-electron chi connectivity index (χ1n) is 4.37. The number of nitrogens with zero attached hydrogens (tertiary/aromatic N) is 1. The maximum absolute atomic E-state index is 5.06. The zero-order valence-electron chi connectivity index (χ0n) is 8.15. The second kappa shape index (κ2) is 3.80. The Kier molecular flexibility index (Phi) is 2.50. The van der Waals surface area contributed by atoms with E-state index in [2.05, 4.69) is 24.0 Å². The van der Waals surface area contributed by atoms with Crippen LogP contribution in [0, 0.1) is 6.92 Å². The molecule has 2 nitrogen and oxygen atoms in total. The number of hydrogen-bond acceptors (Lipinski definition) is 3. The first kappa shape index (κ1) is 9.21. The fourth-order valence-corrected chi connectivity index (χ4v) is 2.15. The van der Waals surface area contributed by atoms with E-state index in [-0.39, 0.29) is 0 Å². The summed E-state index contributed by atoms with van der Waals surface area (Å²) in [6.07, 6.45) is 0. The molecule has 0 spiro atoms. The minimum atomic E-state index is 0.688. The van der Waals surface area contributed by atoms with E-state index in [1.165, 1.54) is 11.1 Å². The van der Waals surface area contributed by atoms with Crippen molar-refractivity contribution in [2.24, 2.45) is 0 Å². The molecule has 72 valence electrons. The Morgan fingerprint density at radius 2 is 2.07 bits per heavy atom. The Bertz CT molecular complexity index is 436. The molecular weight excluding hydrogens is 194 g/mol. The van der Waals surface area contributed by atoms with Gasteiger partial charge in [-0.05, 0) is 12.5 Å². The quantitative estimate of drug-likeness (QED) is 0.751. The van der Waals surface area contributed by atoms with Crippen molar-refractivity contribution < 1.29 is 4.74 Å². The summed E-state index contributed by atoms with van der Waals surface area (Å²) in [5, 5.41) is 2.93.